The number of rotatable bonds is 3. The van der Waals surface area contributed by atoms with E-state index in [2.05, 4.69) is 24.8 Å². The van der Waals surface area contributed by atoms with E-state index in [-0.39, 0.29) is 18.5 Å². The SMILES string of the molecule is CCN1Cc2sc(C)cc2C(Oc2cccc(Cl)c2Cl)C1.Cl. The van der Waals surface area contributed by atoms with Crippen LogP contribution in [-0.2, 0) is 6.54 Å². The van der Waals surface area contributed by atoms with Crippen molar-refractivity contribution in [3.05, 3.63) is 49.6 Å². The normalized spacial score (nSPS) is 17.7. The van der Waals surface area contributed by atoms with Gasteiger partial charge in [0, 0.05) is 28.4 Å². The first-order valence-electron chi connectivity index (χ1n) is 7.00. The Morgan fingerprint density at radius 1 is 1.36 bits per heavy atom. The van der Waals surface area contributed by atoms with Gasteiger partial charge in [-0.3, -0.25) is 4.90 Å². The molecule has 0 saturated heterocycles. The lowest BCUT2D eigenvalue weighted by molar-refractivity contribution is 0.117. The highest BCUT2D eigenvalue weighted by molar-refractivity contribution is 7.12. The number of nitrogens with zero attached hydrogens (tertiary/aromatic N) is 1. The molecule has 0 N–H and O–H groups in total. The highest BCUT2D eigenvalue weighted by atomic mass is 35.5. The summed E-state index contributed by atoms with van der Waals surface area (Å²) in [7, 11) is 0. The number of thiophene rings is 1. The van der Waals surface area contributed by atoms with Crippen molar-refractivity contribution in [3.63, 3.8) is 0 Å². The molecule has 0 amide bonds. The lowest BCUT2D eigenvalue weighted by atomic mass is 10.0. The van der Waals surface area contributed by atoms with E-state index < -0.39 is 0 Å². The Balaban J connectivity index is 0.00000176. The fourth-order valence-corrected chi connectivity index (χ4v) is 4.12. The summed E-state index contributed by atoms with van der Waals surface area (Å²) < 4.78 is 6.19. The highest BCUT2D eigenvalue weighted by Crippen LogP contribution is 2.39. The summed E-state index contributed by atoms with van der Waals surface area (Å²) in [4.78, 5) is 5.11. The number of halogens is 3. The maximum Gasteiger partial charge on any atom is 0.140 e. The third-order valence-electron chi connectivity index (χ3n) is 3.74. The van der Waals surface area contributed by atoms with Gasteiger partial charge in [0.05, 0.1) is 5.02 Å². The fraction of sp³-hybridized carbons (Fsp3) is 0.375. The molecule has 6 heteroatoms. The number of likely N-dealkylation sites (N-methyl/N-ethyl adjacent to an activating group) is 1. The van der Waals surface area contributed by atoms with E-state index in [9.17, 15) is 0 Å². The average Bonchev–Trinajstić information content (AvgIpc) is 2.84. The van der Waals surface area contributed by atoms with Crippen LogP contribution < -0.4 is 4.74 Å². The van der Waals surface area contributed by atoms with Gasteiger partial charge < -0.3 is 4.74 Å². The third kappa shape index (κ3) is 3.55. The molecule has 0 aliphatic carbocycles. The molecule has 2 aromatic rings. The Morgan fingerprint density at radius 3 is 2.86 bits per heavy atom. The van der Waals surface area contributed by atoms with E-state index in [1.165, 1.54) is 15.3 Å². The molecule has 0 saturated carbocycles. The first kappa shape index (κ1) is 17.9. The van der Waals surface area contributed by atoms with E-state index in [0.29, 0.717) is 15.8 Å². The molecule has 1 aromatic carbocycles. The molecular weight excluding hydrogens is 361 g/mol. The quantitative estimate of drug-likeness (QED) is 0.675. The molecule has 0 spiro atoms. The van der Waals surface area contributed by atoms with Gasteiger partial charge in [0.1, 0.15) is 16.9 Å². The van der Waals surface area contributed by atoms with E-state index in [0.717, 1.165) is 19.6 Å². The summed E-state index contributed by atoms with van der Waals surface area (Å²) in [5.74, 6) is 0.655. The van der Waals surface area contributed by atoms with Crippen molar-refractivity contribution in [2.24, 2.45) is 0 Å². The molecule has 1 aliphatic rings. The monoisotopic (exact) mass is 377 g/mol. The van der Waals surface area contributed by atoms with Crippen LogP contribution in [0.5, 0.6) is 5.75 Å². The largest absolute Gasteiger partial charge is 0.483 e. The van der Waals surface area contributed by atoms with Crippen molar-refractivity contribution >= 4 is 46.9 Å². The van der Waals surface area contributed by atoms with Crippen LogP contribution >= 0.6 is 46.9 Å². The Bertz CT molecular complexity index is 659. The molecule has 2 nitrogen and oxygen atoms in total. The van der Waals surface area contributed by atoms with Crippen molar-refractivity contribution in [2.75, 3.05) is 13.1 Å². The second kappa shape index (κ2) is 7.41. The summed E-state index contributed by atoms with van der Waals surface area (Å²) in [5, 5.41) is 1.01. The van der Waals surface area contributed by atoms with Crippen molar-refractivity contribution < 1.29 is 4.74 Å². The zero-order chi connectivity index (χ0) is 15.0. The van der Waals surface area contributed by atoms with Crippen LogP contribution in [0.25, 0.3) is 0 Å². The predicted molar refractivity (Wildman–Crippen MR) is 97.1 cm³/mol. The molecule has 1 aromatic heterocycles. The number of hydrogen-bond donors (Lipinski definition) is 0. The third-order valence-corrected chi connectivity index (χ3v) is 5.59. The Morgan fingerprint density at radius 2 is 2.14 bits per heavy atom. The minimum Gasteiger partial charge on any atom is -0.483 e. The predicted octanol–water partition coefficient (Wildman–Crippen LogP) is 5.74. The molecule has 3 rings (SSSR count). The van der Waals surface area contributed by atoms with Crippen LogP contribution in [0, 0.1) is 6.92 Å². The second-order valence-electron chi connectivity index (χ2n) is 5.22. The minimum absolute atomic E-state index is 0. The van der Waals surface area contributed by atoms with Crippen LogP contribution in [0.4, 0.5) is 0 Å². The van der Waals surface area contributed by atoms with Gasteiger partial charge in [0.15, 0.2) is 0 Å². The lowest BCUT2D eigenvalue weighted by Crippen LogP contribution is -2.34. The standard InChI is InChI=1S/C16H17Cl2NOS.ClH/c1-3-19-8-14(11-7-10(2)21-15(11)9-19)20-13-6-4-5-12(17)16(13)18;/h4-7,14H,3,8-9H2,1-2H3;1H. The van der Waals surface area contributed by atoms with Crippen LogP contribution in [0.1, 0.15) is 28.3 Å². The molecule has 22 heavy (non-hydrogen) atoms. The molecule has 0 bridgehead atoms. The van der Waals surface area contributed by atoms with Gasteiger partial charge >= 0.3 is 0 Å². The van der Waals surface area contributed by atoms with Crippen LogP contribution in [-0.4, -0.2) is 18.0 Å². The Hall–Kier alpha value is -0.450. The summed E-state index contributed by atoms with van der Waals surface area (Å²) >= 11 is 14.2. The minimum atomic E-state index is 0. The zero-order valence-corrected chi connectivity index (χ0v) is 15.6. The average molecular weight is 379 g/mol. The van der Waals surface area contributed by atoms with Crippen molar-refractivity contribution in [2.45, 2.75) is 26.5 Å². The summed E-state index contributed by atoms with van der Waals surface area (Å²) in [5.41, 5.74) is 1.29. The van der Waals surface area contributed by atoms with Gasteiger partial charge in [-0.2, -0.15) is 0 Å². The molecule has 1 unspecified atom stereocenters. The van der Waals surface area contributed by atoms with Crippen LogP contribution in [0.3, 0.4) is 0 Å². The van der Waals surface area contributed by atoms with Crippen molar-refractivity contribution in [1.82, 2.24) is 4.90 Å². The highest BCUT2D eigenvalue weighted by Gasteiger charge is 2.28. The Labute approximate surface area is 151 Å². The fourth-order valence-electron chi connectivity index (χ4n) is 2.65. The van der Waals surface area contributed by atoms with Crippen molar-refractivity contribution in [1.29, 1.82) is 0 Å². The van der Waals surface area contributed by atoms with Gasteiger partial charge in [0.25, 0.3) is 0 Å². The molecule has 0 fully saturated rings. The topological polar surface area (TPSA) is 12.5 Å². The van der Waals surface area contributed by atoms with E-state index >= 15 is 0 Å². The first-order chi connectivity index (χ1) is 10.1. The summed E-state index contributed by atoms with van der Waals surface area (Å²) in [6.07, 6.45) is 0.00890. The lowest BCUT2D eigenvalue weighted by Gasteiger charge is -2.32. The maximum atomic E-state index is 6.25. The van der Waals surface area contributed by atoms with Gasteiger partial charge in [0.2, 0.25) is 0 Å². The van der Waals surface area contributed by atoms with Gasteiger partial charge in [-0.1, -0.05) is 36.2 Å². The second-order valence-corrected chi connectivity index (χ2v) is 7.35. The molecule has 2 heterocycles. The molecule has 120 valence electrons. The number of fused-ring (bicyclic) bond motifs is 1. The number of ether oxygens (including phenoxy) is 1. The number of hydrogen-bond acceptors (Lipinski definition) is 3. The molecule has 1 atom stereocenters. The first-order valence-corrected chi connectivity index (χ1v) is 8.58. The maximum absolute atomic E-state index is 6.25. The molecule has 1 aliphatic heterocycles. The van der Waals surface area contributed by atoms with Crippen LogP contribution in [0.2, 0.25) is 10.0 Å². The molecular formula is C16H18Cl3NOS. The number of benzene rings is 1. The molecule has 0 radical (unpaired) electrons. The van der Waals surface area contributed by atoms with Crippen molar-refractivity contribution in [3.8, 4) is 5.75 Å². The number of aryl methyl sites for hydroxylation is 1. The van der Waals surface area contributed by atoms with Gasteiger partial charge in [-0.15, -0.1) is 23.7 Å². The summed E-state index contributed by atoms with van der Waals surface area (Å²) in [6.45, 7) is 7.22. The summed E-state index contributed by atoms with van der Waals surface area (Å²) in [6, 6.07) is 7.74. The Kier molecular flexibility index (Phi) is 6.03. The van der Waals surface area contributed by atoms with Gasteiger partial charge in [-0.05, 0) is 31.7 Å². The van der Waals surface area contributed by atoms with E-state index in [1.54, 1.807) is 6.07 Å². The van der Waals surface area contributed by atoms with E-state index in [4.69, 9.17) is 27.9 Å². The smallest absolute Gasteiger partial charge is 0.140 e. The van der Waals surface area contributed by atoms with Gasteiger partial charge in [-0.25, -0.2) is 0 Å². The van der Waals surface area contributed by atoms with Crippen LogP contribution in [0.15, 0.2) is 24.3 Å². The van der Waals surface area contributed by atoms with E-state index in [1.807, 2.05) is 23.5 Å². The zero-order valence-electron chi connectivity index (χ0n) is 12.4.